The Balaban J connectivity index is 1.43. The molecule has 1 aliphatic carbocycles. The Morgan fingerprint density at radius 3 is 2.53 bits per heavy atom. The number of rotatable bonds is 5. The van der Waals surface area contributed by atoms with E-state index < -0.39 is 36.6 Å². The van der Waals surface area contributed by atoms with Crippen LogP contribution in [0.3, 0.4) is 0 Å². The lowest BCUT2D eigenvalue weighted by Gasteiger charge is -2.53. The van der Waals surface area contributed by atoms with Crippen molar-refractivity contribution < 1.29 is 27.1 Å². The second-order valence-electron chi connectivity index (χ2n) is 8.45. The number of amides is 1. The molecule has 178 valence electrons. The largest absolute Gasteiger partial charge is 0.472 e. The number of alkyl halides is 4. The van der Waals surface area contributed by atoms with Gasteiger partial charge in [0.05, 0.1) is 41.3 Å². The van der Waals surface area contributed by atoms with Crippen LogP contribution in [0.2, 0.25) is 0 Å². The number of benzene rings is 1. The highest BCUT2D eigenvalue weighted by molar-refractivity contribution is 5.98. The maximum atomic E-state index is 14.2. The van der Waals surface area contributed by atoms with Gasteiger partial charge in [-0.25, -0.2) is 9.37 Å². The van der Waals surface area contributed by atoms with Crippen molar-refractivity contribution in [2.24, 2.45) is 5.92 Å². The molecule has 3 fully saturated rings. The first kappa shape index (κ1) is 22.3. The molecule has 6 rings (SSSR count). The summed E-state index contributed by atoms with van der Waals surface area (Å²) in [5.74, 6) is -0.455. The molecule has 0 N–H and O–H groups in total. The van der Waals surface area contributed by atoms with E-state index in [1.165, 1.54) is 28.2 Å². The average Bonchev–Trinajstić information content (AvgIpc) is 3.38. The summed E-state index contributed by atoms with van der Waals surface area (Å²) in [6.45, 7) is -0.694. The highest BCUT2D eigenvalue weighted by Crippen LogP contribution is 2.42. The Hall–Kier alpha value is -3.50. The number of hydrogen-bond acceptors (Lipinski definition) is 5. The van der Waals surface area contributed by atoms with Crippen LogP contribution in [0.5, 0.6) is 5.88 Å². The quantitative estimate of drug-likeness (QED) is 0.520. The zero-order valence-corrected chi connectivity index (χ0v) is 17.9. The van der Waals surface area contributed by atoms with Crippen LogP contribution < -0.4 is 4.74 Å². The van der Waals surface area contributed by atoms with Crippen molar-refractivity contribution in [3.8, 4) is 11.6 Å². The molecule has 4 atom stereocenters. The van der Waals surface area contributed by atoms with Gasteiger partial charge < -0.3 is 9.64 Å². The Kier molecular flexibility index (Phi) is 5.70. The lowest BCUT2D eigenvalue weighted by atomic mass is 9.73. The number of piperidine rings is 2. The van der Waals surface area contributed by atoms with Gasteiger partial charge in [-0.1, -0.05) is 12.1 Å². The SMILES string of the molecule is O=C(c1ccccc1-n1nccn1)N1C(CF)C2CCC1C(Oc1ccc(C(F)(F)F)cn1)C2. The van der Waals surface area contributed by atoms with E-state index in [1.807, 2.05) is 0 Å². The molecule has 3 aliphatic rings. The van der Waals surface area contributed by atoms with E-state index in [0.717, 1.165) is 18.7 Å². The number of hydrogen-bond donors (Lipinski definition) is 0. The van der Waals surface area contributed by atoms with E-state index in [1.54, 1.807) is 24.3 Å². The fourth-order valence-corrected chi connectivity index (χ4v) is 4.99. The summed E-state index contributed by atoms with van der Waals surface area (Å²) >= 11 is 0. The molecule has 4 heterocycles. The fraction of sp³-hybridized carbons (Fsp3) is 0.391. The van der Waals surface area contributed by atoms with E-state index in [4.69, 9.17) is 4.74 Å². The number of fused-ring (bicyclic) bond motifs is 3. The molecule has 2 aromatic heterocycles. The summed E-state index contributed by atoms with van der Waals surface area (Å²) in [7, 11) is 0. The van der Waals surface area contributed by atoms with Crippen LogP contribution in [-0.4, -0.2) is 55.6 Å². The molecule has 11 heteroatoms. The second kappa shape index (κ2) is 8.69. The van der Waals surface area contributed by atoms with Crippen LogP contribution in [0.4, 0.5) is 17.6 Å². The van der Waals surface area contributed by atoms with E-state index in [0.29, 0.717) is 24.1 Å². The molecule has 0 radical (unpaired) electrons. The van der Waals surface area contributed by atoms with Gasteiger partial charge >= 0.3 is 6.18 Å². The number of carbonyl (C=O) groups is 1. The third kappa shape index (κ3) is 3.99. The van der Waals surface area contributed by atoms with Crippen LogP contribution >= 0.6 is 0 Å². The van der Waals surface area contributed by atoms with E-state index >= 15 is 0 Å². The predicted molar refractivity (Wildman–Crippen MR) is 112 cm³/mol. The smallest absolute Gasteiger partial charge is 0.417 e. The molecule has 0 spiro atoms. The lowest BCUT2D eigenvalue weighted by molar-refractivity contribution is -0.137. The lowest BCUT2D eigenvalue weighted by Crippen LogP contribution is -2.65. The number of carbonyl (C=O) groups excluding carboxylic acids is 1. The number of ether oxygens (including phenoxy) is 1. The van der Waals surface area contributed by atoms with Gasteiger partial charge in [-0.05, 0) is 43.4 Å². The van der Waals surface area contributed by atoms with Crippen molar-refractivity contribution in [3.63, 3.8) is 0 Å². The summed E-state index contributed by atoms with van der Waals surface area (Å²) in [5, 5.41) is 8.21. The van der Waals surface area contributed by atoms with Crippen molar-refractivity contribution in [1.29, 1.82) is 0 Å². The van der Waals surface area contributed by atoms with Crippen molar-refractivity contribution in [1.82, 2.24) is 24.9 Å². The Morgan fingerprint density at radius 1 is 1.09 bits per heavy atom. The number of pyridine rings is 1. The molecule has 7 nitrogen and oxygen atoms in total. The molecule has 34 heavy (non-hydrogen) atoms. The predicted octanol–water partition coefficient (Wildman–Crippen LogP) is 4.09. The minimum Gasteiger partial charge on any atom is -0.472 e. The topological polar surface area (TPSA) is 73.1 Å². The number of halogens is 4. The Bertz CT molecular complexity index is 1150. The number of aromatic nitrogens is 4. The van der Waals surface area contributed by atoms with Crippen LogP contribution in [0, 0.1) is 5.92 Å². The zero-order chi connectivity index (χ0) is 23.9. The number of nitrogens with zero attached hydrogens (tertiary/aromatic N) is 5. The van der Waals surface area contributed by atoms with E-state index in [9.17, 15) is 22.4 Å². The van der Waals surface area contributed by atoms with Gasteiger partial charge in [0.25, 0.3) is 5.91 Å². The molecular weight excluding hydrogens is 454 g/mol. The van der Waals surface area contributed by atoms with Gasteiger partial charge in [-0.15, -0.1) is 0 Å². The summed E-state index contributed by atoms with van der Waals surface area (Å²) in [5.41, 5.74) is -0.0716. The first-order chi connectivity index (χ1) is 16.4. The van der Waals surface area contributed by atoms with E-state index in [2.05, 4.69) is 15.2 Å². The van der Waals surface area contributed by atoms with Gasteiger partial charge in [0.2, 0.25) is 5.88 Å². The van der Waals surface area contributed by atoms with Crippen LogP contribution in [0.1, 0.15) is 35.2 Å². The standard InChI is InChI=1S/C23H21F4N5O2/c24-12-19-14-5-7-18(20(11-14)34-21-8-6-15(13-28-21)23(25,26)27)31(19)22(33)16-3-1-2-4-17(16)32-29-9-10-30-32/h1-4,6,8-10,13-14,18-20H,5,7,11-12H2. The van der Waals surface area contributed by atoms with Crippen LogP contribution in [0.15, 0.2) is 55.0 Å². The molecule has 2 aliphatic heterocycles. The Morgan fingerprint density at radius 2 is 1.85 bits per heavy atom. The Labute approximate surface area is 192 Å². The minimum absolute atomic E-state index is 0.0379. The highest BCUT2D eigenvalue weighted by atomic mass is 19.4. The molecule has 1 amide bonds. The van der Waals surface area contributed by atoms with Crippen LogP contribution in [-0.2, 0) is 6.18 Å². The zero-order valence-electron chi connectivity index (χ0n) is 17.9. The maximum absolute atomic E-state index is 14.2. The molecule has 4 unspecified atom stereocenters. The molecule has 3 aromatic rings. The molecule has 1 aromatic carbocycles. The average molecular weight is 475 g/mol. The van der Waals surface area contributed by atoms with Crippen LogP contribution in [0.25, 0.3) is 5.69 Å². The van der Waals surface area contributed by atoms with Gasteiger partial charge in [-0.2, -0.15) is 28.2 Å². The molecular formula is C23H21F4N5O2. The fourth-order valence-electron chi connectivity index (χ4n) is 4.99. The van der Waals surface area contributed by atoms with Gasteiger partial charge in [0, 0.05) is 12.3 Å². The minimum atomic E-state index is -4.50. The summed E-state index contributed by atoms with van der Waals surface area (Å²) in [6.07, 6.45) is 0.538. The van der Waals surface area contributed by atoms with Crippen molar-refractivity contribution in [3.05, 3.63) is 66.1 Å². The highest BCUT2D eigenvalue weighted by Gasteiger charge is 2.50. The van der Waals surface area contributed by atoms with Crippen molar-refractivity contribution in [2.45, 2.75) is 43.6 Å². The molecule has 2 saturated heterocycles. The normalized spacial score (nSPS) is 24.3. The van der Waals surface area contributed by atoms with Crippen molar-refractivity contribution >= 4 is 5.91 Å². The van der Waals surface area contributed by atoms with Gasteiger partial charge in [0.15, 0.2) is 0 Å². The molecule has 1 saturated carbocycles. The monoisotopic (exact) mass is 475 g/mol. The molecule has 2 bridgehead atoms. The van der Waals surface area contributed by atoms with E-state index in [-0.39, 0.29) is 17.7 Å². The summed E-state index contributed by atoms with van der Waals surface area (Å²) in [6, 6.07) is 7.85. The summed E-state index contributed by atoms with van der Waals surface area (Å²) < 4.78 is 58.6. The third-order valence-electron chi connectivity index (χ3n) is 6.55. The van der Waals surface area contributed by atoms with Crippen molar-refractivity contribution in [2.75, 3.05) is 6.67 Å². The van der Waals surface area contributed by atoms with Gasteiger partial charge in [0.1, 0.15) is 12.8 Å². The van der Waals surface area contributed by atoms with Gasteiger partial charge in [-0.3, -0.25) is 4.79 Å². The first-order valence-electron chi connectivity index (χ1n) is 10.9. The number of para-hydroxylation sites is 1. The summed E-state index contributed by atoms with van der Waals surface area (Å²) in [4.78, 5) is 20.4. The third-order valence-corrected chi connectivity index (χ3v) is 6.55. The maximum Gasteiger partial charge on any atom is 0.417 e. The first-order valence-corrected chi connectivity index (χ1v) is 10.9. The second-order valence-corrected chi connectivity index (χ2v) is 8.45.